The molecule has 0 amide bonds. The van der Waals surface area contributed by atoms with Gasteiger partial charge in [-0.1, -0.05) is 6.08 Å². The number of allylic oxidation sites excluding steroid dienone is 1. The molecule has 0 spiro atoms. The molecule has 6 rings (SSSR count). The number of carboxylic acid groups (broad SMARTS) is 1. The van der Waals surface area contributed by atoms with E-state index in [0.29, 0.717) is 38.5 Å². The van der Waals surface area contributed by atoms with Gasteiger partial charge in [0.2, 0.25) is 0 Å². The highest BCUT2D eigenvalue weighted by Gasteiger charge is 2.57. The number of carbonyl (C=O) groups excluding carboxylic acids is 2. The van der Waals surface area contributed by atoms with Crippen molar-refractivity contribution in [3.05, 3.63) is 12.2 Å². The number of ether oxygens (including phenoxy) is 9. The molecule has 0 bridgehead atoms. The highest BCUT2D eigenvalue weighted by molar-refractivity contribution is 5.90. The number of carboxylic acids is 1. The Labute approximate surface area is 363 Å². The number of aliphatic carboxylic acids is 1. The van der Waals surface area contributed by atoms with Crippen molar-refractivity contribution >= 4 is 17.9 Å². The molecule has 0 aromatic heterocycles. The molecule has 360 valence electrons. The number of aliphatic hydroxyl groups excluding tert-OH is 9. The summed E-state index contributed by atoms with van der Waals surface area (Å²) in [7, 11) is 2.91. The minimum Gasteiger partial charge on any atom is -0.481 e. The first-order valence-electron chi connectivity index (χ1n) is 21.7. The summed E-state index contributed by atoms with van der Waals surface area (Å²) in [5, 5.41) is 106. The van der Waals surface area contributed by atoms with Crippen molar-refractivity contribution < 1.29 is 108 Å². The highest BCUT2D eigenvalue weighted by Crippen LogP contribution is 2.44. The molecule has 0 aromatic rings. The normalized spacial score (nSPS) is 45.9. The molecule has 18 atom stereocenters. The maximum absolute atomic E-state index is 12.7. The van der Waals surface area contributed by atoms with Crippen LogP contribution in [0.5, 0.6) is 0 Å². The van der Waals surface area contributed by atoms with E-state index in [9.17, 15) is 60.3 Å². The van der Waals surface area contributed by atoms with Gasteiger partial charge in [-0.2, -0.15) is 0 Å². The van der Waals surface area contributed by atoms with Crippen LogP contribution < -0.4 is 0 Å². The molecule has 3 heterocycles. The largest absolute Gasteiger partial charge is 0.481 e. The predicted molar refractivity (Wildman–Crippen MR) is 208 cm³/mol. The quantitative estimate of drug-likeness (QED) is 0.0327. The van der Waals surface area contributed by atoms with Gasteiger partial charge in [-0.25, -0.2) is 4.79 Å². The zero-order valence-electron chi connectivity index (χ0n) is 35.3. The standard InChI is InChI=1S/C41H64O22/c1-55-24-9-18(10-25(56-2)32(24)48)39-26(61-41-38(54)36(52)33(49)27(63-41)15-57-30(46)8-5-17-3-6-19(42)7-4-17)13-21-22(59-39)11-20(43)12-23(21)60-40-37(53)35(51)34(50)28(62-40)16-58-31(47)14-29(44)45/h5,8,17-28,32-43,48-54H,3-4,6-7,9-16H2,1-2H3,(H,44,45)/p+1. The van der Waals surface area contributed by atoms with E-state index in [1.54, 1.807) is 6.08 Å². The second kappa shape index (κ2) is 22.3. The number of esters is 2. The zero-order chi connectivity index (χ0) is 45.7. The molecule has 63 heavy (non-hydrogen) atoms. The molecule has 3 saturated heterocycles. The van der Waals surface area contributed by atoms with Gasteiger partial charge < -0.3 is 93.7 Å². The molecule has 3 aliphatic heterocycles. The molecule has 0 aromatic carbocycles. The third-order valence-electron chi connectivity index (χ3n) is 13.5. The van der Waals surface area contributed by atoms with E-state index in [0.717, 1.165) is 0 Å². The van der Waals surface area contributed by atoms with Gasteiger partial charge >= 0.3 is 17.9 Å². The summed E-state index contributed by atoms with van der Waals surface area (Å²) in [6, 6.07) is 0. The fourth-order valence-corrected chi connectivity index (χ4v) is 9.87. The number of rotatable bonds is 15. The first-order chi connectivity index (χ1) is 30.0. The van der Waals surface area contributed by atoms with Crippen LogP contribution in [0.2, 0.25) is 0 Å². The van der Waals surface area contributed by atoms with Crippen molar-refractivity contribution in [2.75, 3.05) is 27.4 Å². The van der Waals surface area contributed by atoms with Gasteiger partial charge in [-0.05, 0) is 50.9 Å². The van der Waals surface area contributed by atoms with E-state index in [1.807, 2.05) is 0 Å². The summed E-state index contributed by atoms with van der Waals surface area (Å²) < 4.78 is 51.2. The second-order valence-electron chi connectivity index (χ2n) is 17.7. The SMILES string of the molecule is COC1CC(C2[OH+]C3CC(O)CC(OC4OC(COC(=O)CC(=O)O)C(O)C(O)C4O)C3CC2OC2OC(COC(=O)C=CC3CCC(O)CC3)C(O)C(O)C2O)CC(OC)C1O. The van der Waals surface area contributed by atoms with E-state index in [2.05, 4.69) is 0 Å². The lowest BCUT2D eigenvalue weighted by Gasteiger charge is -2.50. The first kappa shape index (κ1) is 49.9. The van der Waals surface area contributed by atoms with Crippen molar-refractivity contribution in [2.24, 2.45) is 17.8 Å². The Morgan fingerprint density at radius 3 is 1.73 bits per heavy atom. The van der Waals surface area contributed by atoms with E-state index >= 15 is 0 Å². The van der Waals surface area contributed by atoms with Crippen molar-refractivity contribution in [2.45, 2.75) is 181 Å². The van der Waals surface area contributed by atoms with Crippen molar-refractivity contribution in [3.8, 4) is 0 Å². The predicted octanol–water partition coefficient (Wildman–Crippen LogP) is -3.72. The molecular formula is C41H65O22+. The average molecular weight is 910 g/mol. The van der Waals surface area contributed by atoms with Crippen LogP contribution >= 0.6 is 0 Å². The molecule has 0 radical (unpaired) electrons. The van der Waals surface area contributed by atoms with Crippen LogP contribution in [0, 0.1) is 17.8 Å². The van der Waals surface area contributed by atoms with E-state index < -0.39 is 154 Å². The van der Waals surface area contributed by atoms with E-state index in [4.69, 9.17) is 47.7 Å². The lowest BCUT2D eigenvalue weighted by Crippen LogP contribution is -2.64. The molecule has 3 aliphatic carbocycles. The summed E-state index contributed by atoms with van der Waals surface area (Å²) in [5.74, 6) is -4.19. The fraction of sp³-hybridized carbons (Fsp3) is 0.878. The van der Waals surface area contributed by atoms with Crippen LogP contribution in [0.15, 0.2) is 12.2 Å². The van der Waals surface area contributed by atoms with Crippen LogP contribution in [0.1, 0.15) is 64.2 Å². The van der Waals surface area contributed by atoms with Crippen LogP contribution in [-0.2, 0) is 52.3 Å². The summed E-state index contributed by atoms with van der Waals surface area (Å²) in [6.07, 6.45) is -18.1. The minimum atomic E-state index is -1.85. The number of carbonyl (C=O) groups is 3. The number of hydrogen-bond acceptors (Lipinski definition) is 20. The Morgan fingerprint density at radius 1 is 0.619 bits per heavy atom. The Balaban J connectivity index is 1.20. The second-order valence-corrected chi connectivity index (χ2v) is 17.7. The lowest BCUT2D eigenvalue weighted by molar-refractivity contribution is -0.368. The smallest absolute Gasteiger partial charge is 0.330 e. The summed E-state index contributed by atoms with van der Waals surface area (Å²) in [4.78, 5) is 35.5. The van der Waals surface area contributed by atoms with Crippen LogP contribution in [0.4, 0.5) is 0 Å². The number of methoxy groups -OCH3 is 2. The number of hydrogen-bond donors (Lipinski definition) is 10. The Bertz CT molecular complexity index is 1510. The summed E-state index contributed by atoms with van der Waals surface area (Å²) in [5.41, 5.74) is 0. The van der Waals surface area contributed by atoms with Crippen molar-refractivity contribution in [1.82, 2.24) is 0 Å². The lowest BCUT2D eigenvalue weighted by atomic mass is 9.72. The topological polar surface area (TPSA) is 340 Å². The van der Waals surface area contributed by atoms with Crippen LogP contribution in [-0.4, -0.2) is 217 Å². The third kappa shape index (κ3) is 12.3. The molecule has 22 nitrogen and oxygen atoms in total. The average Bonchev–Trinajstić information content (AvgIpc) is 3.25. The Morgan fingerprint density at radius 2 is 1.17 bits per heavy atom. The monoisotopic (exact) mass is 909 g/mol. The van der Waals surface area contributed by atoms with Crippen LogP contribution in [0.25, 0.3) is 0 Å². The van der Waals surface area contributed by atoms with Gasteiger partial charge in [0.25, 0.3) is 0 Å². The zero-order valence-corrected chi connectivity index (χ0v) is 35.3. The maximum atomic E-state index is 12.7. The highest BCUT2D eigenvalue weighted by atomic mass is 16.7. The van der Waals surface area contributed by atoms with Gasteiger partial charge in [-0.3, -0.25) is 9.59 Å². The maximum Gasteiger partial charge on any atom is 0.330 e. The molecular weight excluding hydrogens is 844 g/mol. The molecule has 6 aliphatic rings. The Kier molecular flexibility index (Phi) is 17.7. The summed E-state index contributed by atoms with van der Waals surface area (Å²) >= 11 is 0. The molecule has 22 heteroatoms. The van der Waals surface area contributed by atoms with E-state index in [1.165, 1.54) is 20.3 Å². The van der Waals surface area contributed by atoms with Gasteiger partial charge in [-0.15, -0.1) is 0 Å². The minimum absolute atomic E-state index is 0.0112. The number of fused-ring (bicyclic) bond motifs is 1. The van der Waals surface area contributed by atoms with Gasteiger partial charge in [0.1, 0.15) is 80.7 Å². The molecule has 11 N–H and O–H groups in total. The molecule has 18 unspecified atom stereocenters. The Hall–Kier alpha value is -2.49. The van der Waals surface area contributed by atoms with Gasteiger partial charge in [0, 0.05) is 39.1 Å². The summed E-state index contributed by atoms with van der Waals surface area (Å²) in [6.45, 7) is -1.19. The fourth-order valence-electron chi connectivity index (χ4n) is 9.87. The van der Waals surface area contributed by atoms with Gasteiger partial charge in [0.05, 0.1) is 36.4 Å². The van der Waals surface area contributed by atoms with Crippen molar-refractivity contribution in [3.63, 3.8) is 0 Å². The number of aliphatic hydroxyl groups is 11. The van der Waals surface area contributed by atoms with Crippen LogP contribution in [0.3, 0.4) is 0 Å². The third-order valence-corrected chi connectivity index (χ3v) is 13.5. The van der Waals surface area contributed by atoms with E-state index in [-0.39, 0.29) is 37.2 Å². The van der Waals surface area contributed by atoms with Crippen molar-refractivity contribution in [1.29, 1.82) is 0 Å². The molecule has 3 saturated carbocycles. The first-order valence-corrected chi connectivity index (χ1v) is 21.7. The van der Waals surface area contributed by atoms with Gasteiger partial charge in [0.15, 0.2) is 24.8 Å². The molecule has 6 fully saturated rings.